The molecule has 0 aliphatic heterocycles. The van der Waals surface area contributed by atoms with Crippen LogP contribution in [0.1, 0.15) is 31.4 Å². The van der Waals surface area contributed by atoms with Crippen molar-refractivity contribution in [3.05, 3.63) is 29.8 Å². The molecule has 1 aliphatic carbocycles. The summed E-state index contributed by atoms with van der Waals surface area (Å²) in [6, 6.07) is 3.51. The van der Waals surface area contributed by atoms with E-state index in [0.29, 0.717) is 6.54 Å². The van der Waals surface area contributed by atoms with Gasteiger partial charge in [-0.15, -0.1) is 0 Å². The van der Waals surface area contributed by atoms with Crippen LogP contribution in [0.15, 0.2) is 18.3 Å². The second kappa shape index (κ2) is 3.81. The minimum Gasteiger partial charge on any atom is -0.356 e. The summed E-state index contributed by atoms with van der Waals surface area (Å²) in [5.74, 6) is -0.306. The minimum absolute atomic E-state index is 0.0528. The van der Waals surface area contributed by atoms with E-state index in [1.807, 2.05) is 6.07 Å². The quantitative estimate of drug-likeness (QED) is 0.837. The molecule has 17 heavy (non-hydrogen) atoms. The molecule has 3 nitrogen and oxygen atoms in total. The first-order chi connectivity index (χ1) is 8.23. The highest BCUT2D eigenvalue weighted by Gasteiger charge is 2.35. The minimum atomic E-state index is -0.306. The molecule has 2 aromatic heterocycles. The summed E-state index contributed by atoms with van der Waals surface area (Å²) >= 11 is 0. The third-order valence-electron chi connectivity index (χ3n) is 3.96. The number of hydrogen-bond donors (Lipinski definition) is 2. The molecule has 1 fully saturated rings. The Bertz CT molecular complexity index is 541. The zero-order valence-electron chi connectivity index (χ0n) is 9.67. The number of nitrogens with two attached hydrogens (primary N) is 1. The van der Waals surface area contributed by atoms with Crippen molar-refractivity contribution in [3.8, 4) is 0 Å². The summed E-state index contributed by atoms with van der Waals surface area (Å²) in [5.41, 5.74) is 8.69. The standard InChI is InChI=1S/C13H16FN3/c14-9-5-11-10(16-7-9)6-12(17-11)13(8-15)3-1-2-4-13/h5-7,17H,1-4,8,15H2. The predicted octanol–water partition coefficient (Wildman–Crippen LogP) is 2.47. The maximum Gasteiger partial charge on any atom is 0.143 e. The van der Waals surface area contributed by atoms with E-state index in [1.54, 1.807) is 0 Å². The van der Waals surface area contributed by atoms with Gasteiger partial charge >= 0.3 is 0 Å². The monoisotopic (exact) mass is 233 g/mol. The average molecular weight is 233 g/mol. The largest absolute Gasteiger partial charge is 0.356 e. The summed E-state index contributed by atoms with van der Waals surface area (Å²) in [4.78, 5) is 7.38. The van der Waals surface area contributed by atoms with Crippen molar-refractivity contribution in [2.24, 2.45) is 5.73 Å². The fourth-order valence-corrected chi connectivity index (χ4v) is 2.90. The van der Waals surface area contributed by atoms with Crippen molar-refractivity contribution in [3.63, 3.8) is 0 Å². The van der Waals surface area contributed by atoms with Crippen LogP contribution in [0.25, 0.3) is 11.0 Å². The molecule has 1 saturated carbocycles. The number of nitrogens with zero attached hydrogens (tertiary/aromatic N) is 1. The fraction of sp³-hybridized carbons (Fsp3) is 0.462. The van der Waals surface area contributed by atoms with Crippen LogP contribution in [-0.2, 0) is 5.41 Å². The molecule has 0 unspecified atom stereocenters. The first-order valence-electron chi connectivity index (χ1n) is 6.08. The molecule has 2 heterocycles. The fourth-order valence-electron chi connectivity index (χ4n) is 2.90. The molecule has 1 aliphatic rings. The zero-order chi connectivity index (χ0) is 11.9. The molecule has 0 amide bonds. The van der Waals surface area contributed by atoms with Crippen molar-refractivity contribution in [2.75, 3.05) is 6.54 Å². The molecule has 3 rings (SSSR count). The van der Waals surface area contributed by atoms with Crippen LogP contribution in [-0.4, -0.2) is 16.5 Å². The average Bonchev–Trinajstić information content (AvgIpc) is 2.94. The van der Waals surface area contributed by atoms with Crippen molar-refractivity contribution in [1.29, 1.82) is 0 Å². The van der Waals surface area contributed by atoms with E-state index >= 15 is 0 Å². The maximum atomic E-state index is 13.1. The lowest BCUT2D eigenvalue weighted by molar-refractivity contribution is 0.442. The van der Waals surface area contributed by atoms with Gasteiger partial charge in [-0.05, 0) is 18.9 Å². The molecule has 4 heteroatoms. The van der Waals surface area contributed by atoms with Gasteiger partial charge in [0.15, 0.2) is 0 Å². The van der Waals surface area contributed by atoms with Gasteiger partial charge in [0.05, 0.1) is 17.2 Å². The third kappa shape index (κ3) is 1.63. The van der Waals surface area contributed by atoms with Crippen molar-refractivity contribution in [1.82, 2.24) is 9.97 Å². The van der Waals surface area contributed by atoms with Crippen LogP contribution < -0.4 is 5.73 Å². The summed E-state index contributed by atoms with van der Waals surface area (Å²) in [6.45, 7) is 0.641. The molecule has 0 bridgehead atoms. The lowest BCUT2D eigenvalue weighted by Gasteiger charge is -2.25. The summed E-state index contributed by atoms with van der Waals surface area (Å²) < 4.78 is 13.1. The van der Waals surface area contributed by atoms with Gasteiger partial charge in [0.25, 0.3) is 0 Å². The van der Waals surface area contributed by atoms with E-state index < -0.39 is 0 Å². The third-order valence-corrected chi connectivity index (χ3v) is 3.96. The van der Waals surface area contributed by atoms with Crippen LogP contribution in [0.5, 0.6) is 0 Å². The molecule has 0 saturated heterocycles. The van der Waals surface area contributed by atoms with Gasteiger partial charge in [0, 0.05) is 23.7 Å². The molecule has 3 N–H and O–H groups in total. The molecule has 90 valence electrons. The number of rotatable bonds is 2. The van der Waals surface area contributed by atoms with Crippen LogP contribution in [0.4, 0.5) is 4.39 Å². The van der Waals surface area contributed by atoms with Gasteiger partial charge in [0.2, 0.25) is 0 Å². The number of hydrogen-bond acceptors (Lipinski definition) is 2. The van der Waals surface area contributed by atoms with Crippen LogP contribution >= 0.6 is 0 Å². The summed E-state index contributed by atoms with van der Waals surface area (Å²) in [5, 5.41) is 0. The lowest BCUT2D eigenvalue weighted by atomic mass is 9.83. The Balaban J connectivity index is 2.11. The van der Waals surface area contributed by atoms with Gasteiger partial charge in [-0.1, -0.05) is 12.8 Å². The number of aromatic nitrogens is 2. The van der Waals surface area contributed by atoms with E-state index in [-0.39, 0.29) is 11.2 Å². The highest BCUT2D eigenvalue weighted by molar-refractivity contribution is 5.76. The zero-order valence-corrected chi connectivity index (χ0v) is 9.67. The number of halogens is 1. The van der Waals surface area contributed by atoms with E-state index in [4.69, 9.17) is 5.73 Å². The number of aromatic amines is 1. The van der Waals surface area contributed by atoms with E-state index in [9.17, 15) is 4.39 Å². The van der Waals surface area contributed by atoms with Crippen molar-refractivity contribution in [2.45, 2.75) is 31.1 Å². The van der Waals surface area contributed by atoms with E-state index in [2.05, 4.69) is 9.97 Å². The maximum absolute atomic E-state index is 13.1. The molecular formula is C13H16FN3. The Morgan fingerprint density at radius 3 is 2.82 bits per heavy atom. The van der Waals surface area contributed by atoms with Crippen LogP contribution in [0, 0.1) is 5.82 Å². The number of fused-ring (bicyclic) bond motifs is 1. The smallest absolute Gasteiger partial charge is 0.143 e. The summed E-state index contributed by atoms with van der Waals surface area (Å²) in [7, 11) is 0. The topological polar surface area (TPSA) is 54.7 Å². The van der Waals surface area contributed by atoms with Gasteiger partial charge in [-0.3, -0.25) is 4.98 Å². The molecule has 0 aromatic carbocycles. The van der Waals surface area contributed by atoms with Gasteiger partial charge in [-0.25, -0.2) is 4.39 Å². The highest BCUT2D eigenvalue weighted by atomic mass is 19.1. The second-order valence-corrected chi connectivity index (χ2v) is 4.96. The normalized spacial score (nSPS) is 18.9. The molecule has 2 aromatic rings. The van der Waals surface area contributed by atoms with E-state index in [1.165, 1.54) is 25.1 Å². The summed E-state index contributed by atoms with van der Waals surface area (Å²) in [6.07, 6.45) is 5.91. The van der Waals surface area contributed by atoms with Crippen LogP contribution in [0.2, 0.25) is 0 Å². The lowest BCUT2D eigenvalue weighted by Crippen LogP contribution is -2.32. The Hall–Kier alpha value is -1.42. The Labute approximate surface area is 99.2 Å². The predicted molar refractivity (Wildman–Crippen MR) is 65.3 cm³/mol. The van der Waals surface area contributed by atoms with Gasteiger partial charge in [0.1, 0.15) is 5.82 Å². The molecular weight excluding hydrogens is 217 g/mol. The van der Waals surface area contributed by atoms with Gasteiger partial charge in [-0.2, -0.15) is 0 Å². The number of nitrogens with one attached hydrogen (secondary N) is 1. The molecule has 0 radical (unpaired) electrons. The Kier molecular flexibility index (Phi) is 2.40. The highest BCUT2D eigenvalue weighted by Crippen LogP contribution is 2.40. The van der Waals surface area contributed by atoms with E-state index in [0.717, 1.165) is 29.6 Å². The first-order valence-corrected chi connectivity index (χ1v) is 6.08. The molecule has 0 atom stereocenters. The Morgan fingerprint density at radius 1 is 1.35 bits per heavy atom. The number of H-pyrrole nitrogens is 1. The van der Waals surface area contributed by atoms with Gasteiger partial charge < -0.3 is 10.7 Å². The first kappa shape index (κ1) is 10.7. The second-order valence-electron chi connectivity index (χ2n) is 4.96. The Morgan fingerprint density at radius 2 is 2.12 bits per heavy atom. The van der Waals surface area contributed by atoms with Crippen LogP contribution in [0.3, 0.4) is 0 Å². The molecule has 0 spiro atoms. The van der Waals surface area contributed by atoms with Crippen molar-refractivity contribution < 1.29 is 4.39 Å². The number of pyridine rings is 1. The van der Waals surface area contributed by atoms with Crippen molar-refractivity contribution >= 4 is 11.0 Å². The SMILES string of the molecule is NCC1(c2cc3ncc(F)cc3[nH]2)CCCC1.